The number of hydrogen-bond donors (Lipinski definition) is 3. The first-order chi connectivity index (χ1) is 14.9. The van der Waals surface area contributed by atoms with E-state index in [1.165, 1.54) is 31.3 Å². The smallest absolute Gasteiger partial charge is 0.0811 e. The number of aliphatic hydroxyl groups excluding tert-OH is 3. The van der Waals surface area contributed by atoms with E-state index in [-0.39, 0.29) is 6.61 Å². The Morgan fingerprint density at radius 1 is 1.13 bits per heavy atom. The zero-order valence-corrected chi connectivity index (χ0v) is 19.2. The van der Waals surface area contributed by atoms with Crippen LogP contribution in [0.5, 0.6) is 0 Å². The van der Waals surface area contributed by atoms with Gasteiger partial charge in [-0.15, -0.1) is 0 Å². The van der Waals surface area contributed by atoms with Gasteiger partial charge in [-0.2, -0.15) is 0 Å². The minimum absolute atomic E-state index is 0.0775. The topological polar surface area (TPSA) is 60.7 Å². The zero-order valence-electron chi connectivity index (χ0n) is 19.2. The highest BCUT2D eigenvalue weighted by molar-refractivity contribution is 5.38. The predicted molar refractivity (Wildman–Crippen MR) is 128 cm³/mol. The second-order valence-corrected chi connectivity index (χ2v) is 9.90. The average molecular weight is 425 g/mol. The van der Waals surface area contributed by atoms with Gasteiger partial charge in [0.2, 0.25) is 0 Å². The van der Waals surface area contributed by atoms with E-state index in [4.69, 9.17) is 5.11 Å². The van der Waals surface area contributed by atoms with Gasteiger partial charge in [0, 0.05) is 6.42 Å². The van der Waals surface area contributed by atoms with E-state index in [1.54, 1.807) is 6.08 Å². The van der Waals surface area contributed by atoms with Gasteiger partial charge in [-0.05, 0) is 72.8 Å². The Morgan fingerprint density at radius 3 is 2.68 bits per heavy atom. The van der Waals surface area contributed by atoms with E-state index < -0.39 is 12.2 Å². The third kappa shape index (κ3) is 5.58. The van der Waals surface area contributed by atoms with Crippen LogP contribution < -0.4 is 0 Å². The molecule has 0 aromatic rings. The molecule has 0 aromatic heterocycles. The lowest BCUT2D eigenvalue weighted by Gasteiger charge is -2.44. The van der Waals surface area contributed by atoms with Crippen molar-refractivity contribution in [3.63, 3.8) is 0 Å². The van der Waals surface area contributed by atoms with E-state index in [9.17, 15) is 10.2 Å². The van der Waals surface area contributed by atoms with Gasteiger partial charge in [-0.25, -0.2) is 0 Å². The van der Waals surface area contributed by atoms with Crippen LogP contribution in [0.3, 0.4) is 0 Å². The Morgan fingerprint density at radius 2 is 1.90 bits per heavy atom. The molecule has 3 nitrogen and oxygen atoms in total. The second kappa shape index (κ2) is 10.8. The summed E-state index contributed by atoms with van der Waals surface area (Å²) in [6.45, 7) is 8.97. The quantitative estimate of drug-likeness (QED) is 0.499. The van der Waals surface area contributed by atoms with Gasteiger partial charge in [-0.3, -0.25) is 0 Å². The predicted octanol–water partition coefficient (Wildman–Crippen LogP) is 5.42. The van der Waals surface area contributed by atoms with Gasteiger partial charge in [0.25, 0.3) is 0 Å². The Kier molecular flexibility index (Phi) is 8.32. The van der Waals surface area contributed by atoms with Crippen LogP contribution in [0.15, 0.2) is 71.9 Å². The summed E-state index contributed by atoms with van der Waals surface area (Å²) in [5, 5.41) is 29.0. The first-order valence-corrected chi connectivity index (χ1v) is 11.9. The molecule has 0 bridgehead atoms. The average Bonchev–Trinajstić information content (AvgIpc) is 3.09. The van der Waals surface area contributed by atoms with Gasteiger partial charge in [0.1, 0.15) is 0 Å². The van der Waals surface area contributed by atoms with Crippen LogP contribution in [0.4, 0.5) is 0 Å². The molecule has 0 unspecified atom stereocenters. The summed E-state index contributed by atoms with van der Waals surface area (Å²) in [6, 6.07) is 0. The number of rotatable bonds is 6. The summed E-state index contributed by atoms with van der Waals surface area (Å²) >= 11 is 0. The van der Waals surface area contributed by atoms with Crippen molar-refractivity contribution < 1.29 is 15.3 Å². The summed E-state index contributed by atoms with van der Waals surface area (Å²) in [7, 11) is 0. The van der Waals surface area contributed by atoms with Crippen LogP contribution in [0.2, 0.25) is 0 Å². The lowest BCUT2D eigenvalue weighted by Crippen LogP contribution is -2.35. The van der Waals surface area contributed by atoms with Crippen molar-refractivity contribution >= 4 is 0 Å². The maximum atomic E-state index is 10.1. The summed E-state index contributed by atoms with van der Waals surface area (Å²) in [6.07, 6.45) is 22.5. The molecule has 3 saturated carbocycles. The fourth-order valence-electron chi connectivity index (χ4n) is 6.25. The normalized spacial score (nSPS) is 38.2. The zero-order chi connectivity index (χ0) is 22.4. The van der Waals surface area contributed by atoms with Crippen LogP contribution in [0.25, 0.3) is 0 Å². The van der Waals surface area contributed by atoms with Gasteiger partial charge < -0.3 is 15.3 Å². The van der Waals surface area contributed by atoms with E-state index in [1.807, 2.05) is 18.2 Å². The maximum Gasteiger partial charge on any atom is 0.0811 e. The van der Waals surface area contributed by atoms with Crippen molar-refractivity contribution in [1.29, 1.82) is 0 Å². The maximum absolute atomic E-state index is 10.1. The molecule has 31 heavy (non-hydrogen) atoms. The number of fused-ring (bicyclic) bond motifs is 1. The molecule has 3 heteroatoms. The van der Waals surface area contributed by atoms with E-state index in [2.05, 4.69) is 44.7 Å². The van der Waals surface area contributed by atoms with Crippen LogP contribution >= 0.6 is 0 Å². The van der Waals surface area contributed by atoms with Crippen molar-refractivity contribution in [2.24, 2.45) is 23.2 Å². The minimum Gasteiger partial charge on any atom is -0.393 e. The van der Waals surface area contributed by atoms with E-state index in [0.717, 1.165) is 17.6 Å². The summed E-state index contributed by atoms with van der Waals surface area (Å²) in [5.74, 6) is 1.83. The van der Waals surface area contributed by atoms with Gasteiger partial charge in [0.15, 0.2) is 0 Å². The molecule has 0 spiro atoms. The molecular formula is C28H40O3. The third-order valence-electron chi connectivity index (χ3n) is 7.93. The molecule has 0 aromatic carbocycles. The molecule has 3 aliphatic carbocycles. The molecule has 3 rings (SSSR count). The second-order valence-electron chi connectivity index (χ2n) is 9.90. The fraction of sp³-hybridized carbons (Fsp3) is 0.571. The summed E-state index contributed by atoms with van der Waals surface area (Å²) < 4.78 is 0. The third-order valence-corrected chi connectivity index (χ3v) is 7.93. The molecule has 3 fully saturated rings. The summed E-state index contributed by atoms with van der Waals surface area (Å²) in [5.41, 5.74) is 3.64. The molecule has 3 aliphatic rings. The Labute approximate surface area is 188 Å². The van der Waals surface area contributed by atoms with Crippen LogP contribution in [0, 0.1) is 23.2 Å². The molecule has 170 valence electrons. The number of allylic oxidation sites excluding steroid dienone is 8. The number of aliphatic hydroxyl groups is 3. The Hall–Kier alpha value is -1.68. The fourth-order valence-corrected chi connectivity index (χ4v) is 6.25. The van der Waals surface area contributed by atoms with Crippen molar-refractivity contribution in [1.82, 2.24) is 0 Å². The molecular weight excluding hydrogens is 384 g/mol. The van der Waals surface area contributed by atoms with Crippen LogP contribution in [0.1, 0.15) is 58.8 Å². The Bertz CT molecular complexity index is 784. The van der Waals surface area contributed by atoms with E-state index >= 15 is 0 Å². The molecule has 0 amide bonds. The molecule has 0 heterocycles. The van der Waals surface area contributed by atoms with Crippen LogP contribution in [-0.2, 0) is 0 Å². The van der Waals surface area contributed by atoms with Crippen molar-refractivity contribution in [2.45, 2.75) is 71.0 Å². The van der Waals surface area contributed by atoms with E-state index in [0.29, 0.717) is 36.0 Å². The highest BCUT2D eigenvalue weighted by atomic mass is 16.3. The largest absolute Gasteiger partial charge is 0.393 e. The highest BCUT2D eigenvalue weighted by Crippen LogP contribution is 2.59. The van der Waals surface area contributed by atoms with Crippen LogP contribution in [-0.4, -0.2) is 34.1 Å². The first kappa shape index (κ1) is 24.0. The van der Waals surface area contributed by atoms with Gasteiger partial charge in [-0.1, -0.05) is 74.6 Å². The Balaban J connectivity index is 1.72. The van der Waals surface area contributed by atoms with Gasteiger partial charge in [0.05, 0.1) is 18.8 Å². The summed E-state index contributed by atoms with van der Waals surface area (Å²) in [4.78, 5) is 0. The highest BCUT2D eigenvalue weighted by Gasteiger charge is 2.50. The molecule has 3 N–H and O–H groups in total. The molecule has 0 saturated heterocycles. The lowest BCUT2D eigenvalue weighted by atomic mass is 9.61. The SMILES string of the molecule is C=C1/C(=C/C=C2\CCC[C@]3(C)[C@@H]([C@H](C)/C=C/C=C/C=C/CO)CC[C@@H]23)C[C@@H](O)C[C@@H]1O. The molecule has 0 aliphatic heterocycles. The van der Waals surface area contributed by atoms with Crippen molar-refractivity contribution in [3.05, 3.63) is 71.9 Å². The monoisotopic (exact) mass is 424 g/mol. The number of hydrogen-bond acceptors (Lipinski definition) is 3. The first-order valence-electron chi connectivity index (χ1n) is 11.9. The molecule has 6 atom stereocenters. The standard InChI is InChI=1S/C28H40O3/c1-20(10-7-5-4-6-8-17-29)25-14-15-26-22(11-9-16-28(25,26)3)12-13-23-18-24(30)19-27(31)21(23)2/h4-8,10,12-13,20,24-27,29-31H,2,9,11,14-19H2,1,3H3/b5-4+,8-6+,10-7+,22-12+,23-13+/t20-,24-,25-,26+,27+,28-/m1/s1. The van der Waals surface area contributed by atoms with Gasteiger partial charge >= 0.3 is 0 Å². The lowest BCUT2D eigenvalue weighted by molar-refractivity contribution is 0.0862. The van der Waals surface area contributed by atoms with Crippen molar-refractivity contribution in [3.8, 4) is 0 Å². The van der Waals surface area contributed by atoms with Crippen molar-refractivity contribution in [2.75, 3.05) is 6.61 Å². The minimum atomic E-state index is -0.623. The molecule has 0 radical (unpaired) electrons.